The second-order valence-corrected chi connectivity index (χ2v) is 6.64. The summed E-state index contributed by atoms with van der Waals surface area (Å²) in [5.41, 5.74) is 1.19. The molecule has 0 bridgehead atoms. The van der Waals surface area contributed by atoms with Crippen LogP contribution in [0.1, 0.15) is 15.2 Å². The van der Waals surface area contributed by atoms with E-state index in [1.165, 1.54) is 21.6 Å². The van der Waals surface area contributed by atoms with E-state index in [4.69, 9.17) is 0 Å². The lowest BCUT2D eigenvalue weighted by Crippen LogP contribution is -2.09. The molecule has 0 radical (unpaired) electrons. The molecule has 0 amide bonds. The molecule has 0 aliphatic heterocycles. The molecule has 0 saturated carbocycles. The van der Waals surface area contributed by atoms with E-state index in [-0.39, 0.29) is 11.3 Å². The minimum atomic E-state index is -0.180. The Kier molecular flexibility index (Phi) is 4.03. The average Bonchev–Trinajstić information content (AvgIpc) is 2.90. The number of benzene rings is 2. The van der Waals surface area contributed by atoms with E-state index in [1.54, 1.807) is 12.1 Å². The van der Waals surface area contributed by atoms with Gasteiger partial charge in [-0.2, -0.15) is 0 Å². The number of ketones is 1. The third-order valence-corrected chi connectivity index (χ3v) is 4.76. The molecule has 0 unspecified atom stereocenters. The van der Waals surface area contributed by atoms with Crippen molar-refractivity contribution in [1.82, 2.24) is 3.96 Å². The summed E-state index contributed by atoms with van der Waals surface area (Å²) in [5, 5.41) is 0. The van der Waals surface area contributed by atoms with Gasteiger partial charge in [0.15, 0.2) is 0 Å². The monoisotopic (exact) mass is 407 g/mol. The normalized spacial score (nSPS) is 10.5. The highest BCUT2D eigenvalue weighted by atomic mass is 127. The predicted octanol–water partition coefficient (Wildman–Crippen LogP) is 3.73. The van der Waals surface area contributed by atoms with Gasteiger partial charge in [0.1, 0.15) is 0 Å². The molecule has 0 aliphatic carbocycles. The van der Waals surface area contributed by atoms with Crippen LogP contribution in [0, 0.1) is 3.57 Å². The Balaban J connectivity index is 2.00. The van der Waals surface area contributed by atoms with Crippen molar-refractivity contribution in [3.8, 4) is 5.69 Å². The first-order chi connectivity index (χ1) is 10.1. The van der Waals surface area contributed by atoms with Crippen molar-refractivity contribution in [2.24, 2.45) is 0 Å². The molecular formula is C16H10INO2S. The number of carbonyl (C=O) groups excluding carboxylic acids is 1. The van der Waals surface area contributed by atoms with Crippen LogP contribution in [0.15, 0.2) is 65.5 Å². The molecule has 5 heteroatoms. The fraction of sp³-hybridized carbons (Fsp3) is 0. The summed E-state index contributed by atoms with van der Waals surface area (Å²) in [5.74, 6) is -0.123. The maximum Gasteiger partial charge on any atom is 0.266 e. The highest BCUT2D eigenvalue weighted by molar-refractivity contribution is 14.1. The van der Waals surface area contributed by atoms with Gasteiger partial charge in [-0.1, -0.05) is 30.3 Å². The minimum absolute atomic E-state index is 0.123. The summed E-state index contributed by atoms with van der Waals surface area (Å²) >= 11 is 3.38. The summed E-state index contributed by atoms with van der Waals surface area (Å²) in [4.78, 5) is 24.9. The van der Waals surface area contributed by atoms with Crippen LogP contribution < -0.4 is 5.56 Å². The van der Waals surface area contributed by atoms with Crippen molar-refractivity contribution in [1.29, 1.82) is 0 Å². The molecule has 104 valence electrons. The summed E-state index contributed by atoms with van der Waals surface area (Å²) in [6.45, 7) is 0. The van der Waals surface area contributed by atoms with E-state index in [9.17, 15) is 9.59 Å². The molecule has 1 aromatic heterocycles. The van der Waals surface area contributed by atoms with Gasteiger partial charge in [-0.3, -0.25) is 9.59 Å². The van der Waals surface area contributed by atoms with Crippen LogP contribution in [-0.4, -0.2) is 9.74 Å². The van der Waals surface area contributed by atoms with Crippen molar-refractivity contribution in [2.75, 3.05) is 0 Å². The van der Waals surface area contributed by atoms with Gasteiger partial charge in [-0.05, 0) is 58.4 Å². The summed E-state index contributed by atoms with van der Waals surface area (Å²) in [6.07, 6.45) is 0. The molecule has 3 aromatic rings. The molecule has 3 rings (SSSR count). The molecule has 0 atom stereocenters. The number of halogens is 1. The van der Waals surface area contributed by atoms with Gasteiger partial charge in [-0.15, -0.1) is 0 Å². The maximum absolute atomic E-state index is 12.4. The molecule has 0 N–H and O–H groups in total. The molecule has 0 fully saturated rings. The van der Waals surface area contributed by atoms with Gasteiger partial charge in [0, 0.05) is 15.2 Å². The lowest BCUT2D eigenvalue weighted by molar-refractivity contribution is 0.104. The Bertz CT molecular complexity index is 835. The van der Waals surface area contributed by atoms with E-state index in [1.807, 2.05) is 42.5 Å². The first-order valence-corrected chi connectivity index (χ1v) is 8.09. The van der Waals surface area contributed by atoms with Crippen LogP contribution in [0.4, 0.5) is 0 Å². The highest BCUT2D eigenvalue weighted by Gasteiger charge is 2.14. The SMILES string of the molecule is O=C(c1ccccc1)c1cc(=O)n(-c2ccc(I)cc2)s1. The summed E-state index contributed by atoms with van der Waals surface area (Å²) in [7, 11) is 0. The van der Waals surface area contributed by atoms with Crippen LogP contribution in [-0.2, 0) is 0 Å². The quantitative estimate of drug-likeness (QED) is 0.490. The van der Waals surface area contributed by atoms with Gasteiger partial charge >= 0.3 is 0 Å². The fourth-order valence-electron chi connectivity index (χ4n) is 1.94. The summed E-state index contributed by atoms with van der Waals surface area (Å²) < 4.78 is 2.63. The standard InChI is InChI=1S/C16H10INO2S/c17-12-6-8-13(9-7-12)18-15(19)10-14(21-18)16(20)11-4-2-1-3-5-11/h1-10H. The average molecular weight is 407 g/mol. The molecular weight excluding hydrogens is 397 g/mol. The van der Waals surface area contributed by atoms with Gasteiger partial charge in [0.2, 0.25) is 5.78 Å². The van der Waals surface area contributed by atoms with Crippen molar-refractivity contribution in [3.05, 3.63) is 85.0 Å². The molecule has 0 spiro atoms. The molecule has 1 heterocycles. The summed E-state index contributed by atoms with van der Waals surface area (Å²) in [6, 6.07) is 18.0. The van der Waals surface area contributed by atoms with Crippen LogP contribution in [0.5, 0.6) is 0 Å². The number of hydrogen-bond acceptors (Lipinski definition) is 3. The van der Waals surface area contributed by atoms with Crippen LogP contribution >= 0.6 is 34.1 Å². The Labute approximate surface area is 139 Å². The Morgan fingerprint density at radius 2 is 1.67 bits per heavy atom. The zero-order valence-electron chi connectivity index (χ0n) is 10.8. The fourth-order valence-corrected chi connectivity index (χ4v) is 3.22. The first kappa shape index (κ1) is 14.2. The zero-order chi connectivity index (χ0) is 14.8. The van der Waals surface area contributed by atoms with Crippen LogP contribution in [0.25, 0.3) is 5.69 Å². The Hall–Kier alpha value is -1.73. The number of nitrogens with zero attached hydrogens (tertiary/aromatic N) is 1. The number of aromatic nitrogens is 1. The van der Waals surface area contributed by atoms with Crippen LogP contribution in [0.2, 0.25) is 0 Å². The van der Waals surface area contributed by atoms with Crippen molar-refractivity contribution in [2.45, 2.75) is 0 Å². The minimum Gasteiger partial charge on any atom is -0.288 e. The van der Waals surface area contributed by atoms with Crippen molar-refractivity contribution >= 4 is 39.9 Å². The number of carbonyl (C=O) groups is 1. The molecule has 21 heavy (non-hydrogen) atoms. The van der Waals surface area contributed by atoms with Gasteiger partial charge < -0.3 is 0 Å². The van der Waals surface area contributed by atoms with Gasteiger partial charge in [0.05, 0.1) is 10.6 Å². The first-order valence-electron chi connectivity index (χ1n) is 6.24. The van der Waals surface area contributed by atoms with E-state index >= 15 is 0 Å². The Morgan fingerprint density at radius 1 is 1.00 bits per heavy atom. The van der Waals surface area contributed by atoms with Gasteiger partial charge in [-0.25, -0.2) is 3.96 Å². The lowest BCUT2D eigenvalue weighted by Gasteiger charge is -2.00. The largest absolute Gasteiger partial charge is 0.288 e. The zero-order valence-corrected chi connectivity index (χ0v) is 13.8. The third-order valence-electron chi connectivity index (χ3n) is 2.97. The van der Waals surface area contributed by atoms with Crippen LogP contribution in [0.3, 0.4) is 0 Å². The maximum atomic E-state index is 12.4. The Morgan fingerprint density at radius 3 is 2.33 bits per heavy atom. The second-order valence-electron chi connectivity index (χ2n) is 4.40. The number of rotatable bonds is 3. The topological polar surface area (TPSA) is 39.1 Å². The third kappa shape index (κ3) is 2.98. The van der Waals surface area contributed by atoms with Gasteiger partial charge in [0.25, 0.3) is 5.56 Å². The van der Waals surface area contributed by atoms with E-state index in [2.05, 4.69) is 22.6 Å². The predicted molar refractivity (Wildman–Crippen MR) is 92.5 cm³/mol. The van der Waals surface area contributed by atoms with Crippen molar-refractivity contribution < 1.29 is 4.79 Å². The van der Waals surface area contributed by atoms with Crippen molar-refractivity contribution in [3.63, 3.8) is 0 Å². The van der Waals surface area contributed by atoms with E-state index in [0.29, 0.717) is 10.4 Å². The van der Waals surface area contributed by atoms with E-state index in [0.717, 1.165) is 9.26 Å². The molecule has 0 aliphatic rings. The lowest BCUT2D eigenvalue weighted by atomic mass is 10.1. The highest BCUT2D eigenvalue weighted by Crippen LogP contribution is 2.17. The molecule has 0 saturated heterocycles. The molecule has 2 aromatic carbocycles. The van der Waals surface area contributed by atoms with E-state index < -0.39 is 0 Å². The molecule has 3 nitrogen and oxygen atoms in total. The number of hydrogen-bond donors (Lipinski definition) is 0. The second kappa shape index (κ2) is 5.95. The smallest absolute Gasteiger partial charge is 0.266 e.